The first-order valence-corrected chi connectivity index (χ1v) is 2.63. The number of amides is 6. The lowest BCUT2D eigenvalue weighted by Crippen LogP contribution is -2.50. The summed E-state index contributed by atoms with van der Waals surface area (Å²) in [6.45, 7) is 0. The van der Waals surface area contributed by atoms with E-state index >= 15 is 0 Å². The van der Waals surface area contributed by atoms with Crippen molar-refractivity contribution in [3.8, 4) is 0 Å². The highest BCUT2D eigenvalue weighted by Crippen LogP contribution is 1.81. The first-order chi connectivity index (χ1) is 5.63. The molecule has 0 aliphatic carbocycles. The molecule has 0 rings (SSSR count). The Hall–Kier alpha value is -2.12. The molecule has 0 aliphatic rings. The number of nitrogens with zero attached hydrogens (tertiary/aromatic N) is 1. The average Bonchev–Trinajstić information content (AvgIpc) is 1.99. The number of urea groups is 2. The topological polar surface area (TPSA) is 119 Å². The fraction of sp³-hybridized carbons (Fsp3) is 0. The zero-order chi connectivity index (χ0) is 9.56. The maximum atomic E-state index is 10.6. The van der Waals surface area contributed by atoms with Gasteiger partial charge >= 0.3 is 12.1 Å². The van der Waals surface area contributed by atoms with Crippen LogP contribution in [0.5, 0.6) is 0 Å². The second kappa shape index (κ2) is 4.66. The number of rotatable bonds is 3. The molecule has 6 amide bonds. The van der Waals surface area contributed by atoms with E-state index in [9.17, 15) is 19.2 Å². The van der Waals surface area contributed by atoms with Gasteiger partial charge in [-0.05, 0) is 0 Å². The van der Waals surface area contributed by atoms with Crippen molar-refractivity contribution in [2.24, 2.45) is 0 Å². The molecule has 0 unspecified atom stereocenters. The van der Waals surface area contributed by atoms with Gasteiger partial charge in [-0.1, -0.05) is 0 Å². The van der Waals surface area contributed by atoms with E-state index in [2.05, 4.69) is 0 Å². The summed E-state index contributed by atoms with van der Waals surface area (Å²) in [4.78, 5) is 40.3. The molecule has 0 fully saturated rings. The number of nitrogens with one attached hydrogen (secondary N) is 3. The van der Waals surface area contributed by atoms with Crippen molar-refractivity contribution >= 4 is 24.9 Å². The molecule has 0 saturated carbocycles. The molecule has 65 valence electrons. The highest BCUT2D eigenvalue weighted by molar-refractivity contribution is 5.96. The van der Waals surface area contributed by atoms with Crippen molar-refractivity contribution in [1.29, 1.82) is 0 Å². The van der Waals surface area contributed by atoms with Gasteiger partial charge in [0.2, 0.25) is 12.8 Å². The number of hydrogen-bond donors (Lipinski definition) is 2. The van der Waals surface area contributed by atoms with Crippen LogP contribution in [0.25, 0.3) is 0 Å². The van der Waals surface area contributed by atoms with E-state index in [-0.39, 0.29) is 17.8 Å². The van der Waals surface area contributed by atoms with Gasteiger partial charge in [0.05, 0.1) is 0 Å². The fourth-order valence-electron chi connectivity index (χ4n) is 0.377. The summed E-state index contributed by atoms with van der Waals surface area (Å²) in [5, 5.41) is 1.59. The van der Waals surface area contributed by atoms with Gasteiger partial charge in [0.25, 0.3) is 0 Å². The molecule has 8 heteroatoms. The zero-order valence-corrected chi connectivity index (χ0v) is 5.73. The van der Waals surface area contributed by atoms with Gasteiger partial charge < -0.3 is 0 Å². The van der Waals surface area contributed by atoms with Gasteiger partial charge in [-0.15, -0.1) is 5.01 Å². The Labute approximate surface area is 66.6 Å². The maximum Gasteiger partial charge on any atom is 0.363 e. The lowest BCUT2D eigenvalue weighted by Gasteiger charge is -2.13. The minimum Gasteiger partial charge on any atom is -0.279 e. The van der Waals surface area contributed by atoms with Crippen molar-refractivity contribution in [1.82, 2.24) is 21.5 Å². The first kappa shape index (κ1) is 9.88. The predicted octanol–water partition coefficient (Wildman–Crippen LogP) is -1.78. The molecule has 1 radical (unpaired) electrons. The zero-order valence-electron chi connectivity index (χ0n) is 5.73. The van der Waals surface area contributed by atoms with E-state index in [0.29, 0.717) is 0 Å². The third kappa shape index (κ3) is 2.64. The molecule has 12 heavy (non-hydrogen) atoms. The van der Waals surface area contributed by atoms with Crippen LogP contribution in [0, 0.1) is 0 Å². The number of imide groups is 2. The molecule has 8 nitrogen and oxygen atoms in total. The highest BCUT2D eigenvalue weighted by atomic mass is 16.2. The Kier molecular flexibility index (Phi) is 3.84. The summed E-state index contributed by atoms with van der Waals surface area (Å²) in [7, 11) is 0. The van der Waals surface area contributed by atoms with Crippen LogP contribution in [0.2, 0.25) is 0 Å². The SMILES string of the molecule is [NH]C(=O)N(NC=O)C(=O)NC=O. The normalized spacial score (nSPS) is 8.00. The lowest BCUT2D eigenvalue weighted by molar-refractivity contribution is -0.112. The van der Waals surface area contributed by atoms with Gasteiger partial charge in [0, 0.05) is 0 Å². The molecule has 3 N–H and O–H groups in total. The largest absolute Gasteiger partial charge is 0.363 e. The molecule has 0 aromatic rings. The number of hydrogen-bond acceptors (Lipinski definition) is 4. The molecule has 0 aliphatic heterocycles. The van der Waals surface area contributed by atoms with Crippen LogP contribution in [0.15, 0.2) is 0 Å². The van der Waals surface area contributed by atoms with E-state index in [0.717, 1.165) is 0 Å². The smallest absolute Gasteiger partial charge is 0.279 e. The standard InChI is InChI=1S/C4H5N4O4/c5-3(11)8(7-2-10)4(12)6-1-9/h1-2,5H,(H,7,10)(H,6,9,12). The van der Waals surface area contributed by atoms with E-state index in [1.54, 1.807) is 10.7 Å². The maximum absolute atomic E-state index is 10.6. The molecule has 0 heterocycles. The quantitative estimate of drug-likeness (QED) is 0.387. The summed E-state index contributed by atoms with van der Waals surface area (Å²) in [6.07, 6.45) is 0.0432. The highest BCUT2D eigenvalue weighted by Gasteiger charge is 2.17. The second-order valence-corrected chi connectivity index (χ2v) is 1.45. The summed E-state index contributed by atoms with van der Waals surface area (Å²) < 4.78 is 0. The monoisotopic (exact) mass is 173 g/mol. The number of carbonyl (C=O) groups excluding carboxylic acids is 4. The van der Waals surface area contributed by atoms with Gasteiger partial charge in [-0.2, -0.15) is 0 Å². The number of carbonyl (C=O) groups is 4. The minimum atomic E-state index is -1.46. The Balaban J connectivity index is 4.27. The van der Waals surface area contributed by atoms with Crippen molar-refractivity contribution in [3.05, 3.63) is 0 Å². The summed E-state index contributed by atoms with van der Waals surface area (Å²) in [5.41, 5.74) is 8.05. The van der Waals surface area contributed by atoms with E-state index in [1.165, 1.54) is 0 Å². The van der Waals surface area contributed by atoms with E-state index in [1.807, 2.05) is 0 Å². The fourth-order valence-corrected chi connectivity index (χ4v) is 0.377. The first-order valence-electron chi connectivity index (χ1n) is 2.63. The summed E-state index contributed by atoms with van der Waals surface area (Å²) in [5.74, 6) is 0. The average molecular weight is 173 g/mol. The minimum absolute atomic E-state index is 0.0186. The van der Waals surface area contributed by atoms with Crippen molar-refractivity contribution in [2.75, 3.05) is 0 Å². The van der Waals surface area contributed by atoms with Crippen LogP contribution in [0.1, 0.15) is 0 Å². The molecule has 0 aromatic carbocycles. The van der Waals surface area contributed by atoms with Gasteiger partial charge in [-0.3, -0.25) is 20.3 Å². The molecule has 0 saturated heterocycles. The second-order valence-electron chi connectivity index (χ2n) is 1.45. The van der Waals surface area contributed by atoms with Crippen molar-refractivity contribution < 1.29 is 19.2 Å². The molecular formula is C4H5N4O4. The van der Waals surface area contributed by atoms with Crippen LogP contribution in [0.4, 0.5) is 9.59 Å². The molecular weight excluding hydrogens is 168 g/mol. The Bertz CT molecular complexity index is 215. The van der Waals surface area contributed by atoms with Crippen LogP contribution in [-0.2, 0) is 9.59 Å². The Morgan fingerprint density at radius 3 is 2.17 bits per heavy atom. The Morgan fingerprint density at radius 2 is 1.83 bits per heavy atom. The van der Waals surface area contributed by atoms with Gasteiger partial charge in [0.1, 0.15) is 0 Å². The molecule has 0 bridgehead atoms. The third-order valence-corrected chi connectivity index (χ3v) is 0.770. The van der Waals surface area contributed by atoms with Crippen LogP contribution >= 0.6 is 0 Å². The van der Waals surface area contributed by atoms with Gasteiger partial charge in [-0.25, -0.2) is 15.3 Å². The van der Waals surface area contributed by atoms with E-state index < -0.39 is 12.1 Å². The molecule has 0 atom stereocenters. The number of hydrazine groups is 1. The molecule has 0 aromatic heterocycles. The van der Waals surface area contributed by atoms with Crippen LogP contribution in [-0.4, -0.2) is 29.9 Å². The van der Waals surface area contributed by atoms with Crippen molar-refractivity contribution in [2.45, 2.75) is 0 Å². The van der Waals surface area contributed by atoms with Crippen LogP contribution < -0.4 is 16.5 Å². The van der Waals surface area contributed by atoms with Gasteiger partial charge in [0.15, 0.2) is 0 Å². The van der Waals surface area contributed by atoms with Crippen LogP contribution in [0.3, 0.4) is 0 Å². The molecule has 0 spiro atoms. The summed E-state index contributed by atoms with van der Waals surface area (Å²) in [6, 6.07) is -2.65. The predicted molar refractivity (Wildman–Crippen MR) is 34.1 cm³/mol. The van der Waals surface area contributed by atoms with Crippen molar-refractivity contribution in [3.63, 3.8) is 0 Å². The van der Waals surface area contributed by atoms with E-state index in [4.69, 9.17) is 5.73 Å². The summed E-state index contributed by atoms with van der Waals surface area (Å²) >= 11 is 0. The lowest BCUT2D eigenvalue weighted by atomic mass is 10.8. The third-order valence-electron chi connectivity index (χ3n) is 0.770. The Morgan fingerprint density at radius 1 is 1.25 bits per heavy atom.